The van der Waals surface area contributed by atoms with Crippen molar-refractivity contribution in [3.05, 3.63) is 54.1 Å². The zero-order chi connectivity index (χ0) is 27.4. The highest BCUT2D eigenvalue weighted by molar-refractivity contribution is 5.77. The Morgan fingerprint density at radius 3 is 2.03 bits per heavy atom. The predicted octanol–water partition coefficient (Wildman–Crippen LogP) is 4.44. The molecular formula is C27H33NO9. The number of carbonyl (C=O) groups is 4. The first kappa shape index (κ1) is 29.3. The van der Waals surface area contributed by atoms with E-state index in [9.17, 15) is 24.3 Å². The molecule has 0 radical (unpaired) electrons. The molecule has 2 rings (SSSR count). The summed E-state index contributed by atoms with van der Waals surface area (Å²) in [6.07, 6.45) is 0.473. The smallest absolute Gasteiger partial charge is 0.480 e. The number of nitrogens with two attached hydrogens (primary N) is 1. The van der Waals surface area contributed by atoms with E-state index in [4.69, 9.17) is 24.7 Å². The van der Waals surface area contributed by atoms with Crippen LogP contribution in [0.15, 0.2) is 48.5 Å². The Labute approximate surface area is 215 Å². The number of aliphatic carboxylic acids is 1. The van der Waals surface area contributed by atoms with Crippen molar-refractivity contribution in [2.45, 2.75) is 58.4 Å². The third kappa shape index (κ3) is 9.23. The van der Waals surface area contributed by atoms with Crippen LogP contribution in [0.3, 0.4) is 0 Å². The Bertz CT molecular complexity index is 1070. The van der Waals surface area contributed by atoms with Crippen molar-refractivity contribution in [3.63, 3.8) is 0 Å². The first-order valence-electron chi connectivity index (χ1n) is 12.1. The van der Waals surface area contributed by atoms with E-state index in [1.165, 1.54) is 18.2 Å². The van der Waals surface area contributed by atoms with Crippen molar-refractivity contribution in [1.82, 2.24) is 0 Å². The highest BCUT2D eigenvalue weighted by Crippen LogP contribution is 2.36. The van der Waals surface area contributed by atoms with Gasteiger partial charge in [-0.1, -0.05) is 45.0 Å². The molecule has 0 aromatic heterocycles. The van der Waals surface area contributed by atoms with Gasteiger partial charge in [-0.2, -0.15) is 0 Å². The molecule has 0 fully saturated rings. The Kier molecular flexibility index (Phi) is 11.6. The number of hydrogen-bond donors (Lipinski definition) is 2. The summed E-state index contributed by atoms with van der Waals surface area (Å²) in [4.78, 5) is 48.2. The number of carboxylic acid groups (broad SMARTS) is 1. The number of benzene rings is 2. The topological polar surface area (TPSA) is 151 Å². The van der Waals surface area contributed by atoms with Crippen LogP contribution in [0.2, 0.25) is 0 Å². The minimum absolute atomic E-state index is 0.0282. The van der Waals surface area contributed by atoms with Gasteiger partial charge in [0, 0.05) is 18.8 Å². The van der Waals surface area contributed by atoms with Crippen molar-refractivity contribution in [2.24, 2.45) is 11.7 Å². The number of ether oxygens (including phenoxy) is 4. The lowest BCUT2D eigenvalue weighted by Gasteiger charge is -2.28. The average molecular weight is 516 g/mol. The fourth-order valence-corrected chi connectivity index (χ4v) is 3.61. The Morgan fingerprint density at radius 2 is 1.46 bits per heavy atom. The second-order valence-corrected chi connectivity index (χ2v) is 8.50. The standard InChI is InChI=1S/C27H33NO9/c1-4-9-22(29)36-20-14-13-18(15-21(20)37-23(30)10-5-2)24(25(28)26(31)32)17(3)16-34-27(33)35-19-11-7-6-8-12-19/h6-8,11-15,17,24-25H,4-5,9-10,16,28H2,1-3H3,(H,31,32)/t17?,24?,25-/m0/s1. The summed E-state index contributed by atoms with van der Waals surface area (Å²) in [6, 6.07) is 11.3. The predicted molar refractivity (Wildman–Crippen MR) is 133 cm³/mol. The molecule has 0 saturated heterocycles. The van der Waals surface area contributed by atoms with E-state index in [1.807, 2.05) is 13.8 Å². The molecule has 200 valence electrons. The number of rotatable bonds is 13. The SMILES string of the molecule is CCCC(=O)Oc1ccc(C(C(C)COC(=O)Oc2ccccc2)[C@H](N)C(=O)O)cc1OC(=O)CCC. The van der Waals surface area contributed by atoms with Crippen molar-refractivity contribution in [1.29, 1.82) is 0 Å². The zero-order valence-corrected chi connectivity index (χ0v) is 21.2. The van der Waals surface area contributed by atoms with Crippen LogP contribution < -0.4 is 19.9 Å². The van der Waals surface area contributed by atoms with Crippen LogP contribution in [0, 0.1) is 5.92 Å². The van der Waals surface area contributed by atoms with Gasteiger partial charge in [0.15, 0.2) is 11.5 Å². The van der Waals surface area contributed by atoms with Crippen LogP contribution in [0.4, 0.5) is 4.79 Å². The molecule has 2 aromatic rings. The van der Waals surface area contributed by atoms with E-state index < -0.39 is 41.9 Å². The van der Waals surface area contributed by atoms with Crippen LogP contribution >= 0.6 is 0 Å². The minimum Gasteiger partial charge on any atom is -0.480 e. The summed E-state index contributed by atoms with van der Waals surface area (Å²) >= 11 is 0. The first-order valence-corrected chi connectivity index (χ1v) is 12.1. The zero-order valence-electron chi connectivity index (χ0n) is 21.2. The molecule has 37 heavy (non-hydrogen) atoms. The van der Waals surface area contributed by atoms with Crippen LogP contribution in [-0.2, 0) is 19.1 Å². The number of esters is 2. The average Bonchev–Trinajstić information content (AvgIpc) is 2.85. The van der Waals surface area contributed by atoms with Gasteiger partial charge < -0.3 is 29.8 Å². The summed E-state index contributed by atoms with van der Waals surface area (Å²) < 4.78 is 21.1. The van der Waals surface area contributed by atoms with Gasteiger partial charge in [0.05, 0.1) is 6.61 Å². The molecule has 0 amide bonds. The fourth-order valence-electron chi connectivity index (χ4n) is 3.61. The van der Waals surface area contributed by atoms with Gasteiger partial charge in [-0.3, -0.25) is 14.4 Å². The number of para-hydroxylation sites is 1. The van der Waals surface area contributed by atoms with Crippen molar-refractivity contribution in [2.75, 3.05) is 6.61 Å². The van der Waals surface area contributed by atoms with E-state index in [-0.39, 0.29) is 30.9 Å². The van der Waals surface area contributed by atoms with E-state index in [2.05, 4.69) is 0 Å². The number of hydrogen-bond acceptors (Lipinski definition) is 9. The van der Waals surface area contributed by atoms with Gasteiger partial charge in [-0.25, -0.2) is 4.79 Å². The van der Waals surface area contributed by atoms with Crippen molar-refractivity contribution >= 4 is 24.1 Å². The highest BCUT2D eigenvalue weighted by Gasteiger charge is 2.33. The van der Waals surface area contributed by atoms with Gasteiger partial charge >= 0.3 is 24.1 Å². The quantitative estimate of drug-likeness (QED) is 0.222. The maximum Gasteiger partial charge on any atom is 0.513 e. The Hall–Kier alpha value is -3.92. The van der Waals surface area contributed by atoms with Gasteiger partial charge in [-0.05, 0) is 48.6 Å². The summed E-state index contributed by atoms with van der Waals surface area (Å²) in [7, 11) is 0. The highest BCUT2D eigenvalue weighted by atomic mass is 16.7. The van der Waals surface area contributed by atoms with Crippen LogP contribution in [-0.4, -0.2) is 41.8 Å². The second kappa shape index (κ2) is 14.6. The molecule has 3 N–H and O–H groups in total. The second-order valence-electron chi connectivity index (χ2n) is 8.50. The molecule has 2 aromatic carbocycles. The van der Waals surface area contributed by atoms with E-state index >= 15 is 0 Å². The lowest BCUT2D eigenvalue weighted by molar-refractivity contribution is -0.139. The summed E-state index contributed by atoms with van der Waals surface area (Å²) in [6.45, 7) is 5.10. The Morgan fingerprint density at radius 1 is 0.865 bits per heavy atom. The summed E-state index contributed by atoms with van der Waals surface area (Å²) in [5, 5.41) is 9.64. The molecule has 0 bridgehead atoms. The molecule has 0 aliphatic rings. The van der Waals surface area contributed by atoms with Gasteiger partial charge in [0.1, 0.15) is 11.8 Å². The molecule has 0 aliphatic carbocycles. The minimum atomic E-state index is -1.38. The number of carbonyl (C=O) groups excluding carboxylic acids is 3. The van der Waals surface area contributed by atoms with E-state index in [1.54, 1.807) is 37.3 Å². The van der Waals surface area contributed by atoms with E-state index in [0.717, 1.165) is 0 Å². The van der Waals surface area contributed by atoms with Crippen LogP contribution in [0.5, 0.6) is 17.2 Å². The molecule has 2 unspecified atom stereocenters. The largest absolute Gasteiger partial charge is 0.513 e. The van der Waals surface area contributed by atoms with Gasteiger partial charge in [0.25, 0.3) is 0 Å². The first-order chi connectivity index (χ1) is 17.7. The Balaban J connectivity index is 2.30. The molecule has 10 heteroatoms. The van der Waals surface area contributed by atoms with Crippen molar-refractivity contribution < 1.29 is 43.2 Å². The van der Waals surface area contributed by atoms with Crippen LogP contribution in [0.1, 0.15) is 57.9 Å². The molecule has 10 nitrogen and oxygen atoms in total. The monoisotopic (exact) mass is 515 g/mol. The number of carboxylic acids is 1. The summed E-state index contributed by atoms with van der Waals surface area (Å²) in [5.74, 6) is -3.44. The normalized spacial score (nSPS) is 13.1. The lowest BCUT2D eigenvalue weighted by Crippen LogP contribution is -2.40. The summed E-state index contributed by atoms with van der Waals surface area (Å²) in [5.41, 5.74) is 6.42. The van der Waals surface area contributed by atoms with Crippen molar-refractivity contribution in [3.8, 4) is 17.2 Å². The molecule has 3 atom stereocenters. The van der Waals surface area contributed by atoms with Gasteiger partial charge in [0.2, 0.25) is 0 Å². The molecule has 0 aliphatic heterocycles. The molecule has 0 heterocycles. The maximum absolute atomic E-state index is 12.2. The maximum atomic E-state index is 12.2. The third-order valence-corrected chi connectivity index (χ3v) is 5.40. The lowest BCUT2D eigenvalue weighted by atomic mass is 9.82. The van der Waals surface area contributed by atoms with Gasteiger partial charge in [-0.15, -0.1) is 0 Å². The molecule has 0 spiro atoms. The molecule has 0 saturated carbocycles. The van der Waals surface area contributed by atoms with Crippen LogP contribution in [0.25, 0.3) is 0 Å². The van der Waals surface area contributed by atoms with E-state index in [0.29, 0.717) is 24.2 Å². The third-order valence-electron chi connectivity index (χ3n) is 5.40. The molecular weight excluding hydrogens is 482 g/mol. The fraction of sp³-hybridized carbons (Fsp3) is 0.407.